The van der Waals surface area contributed by atoms with E-state index in [-0.39, 0.29) is 60.8 Å². The molecule has 63 heavy (non-hydrogen) atoms. The molecule has 9 rings (SSSR count). The van der Waals surface area contributed by atoms with Gasteiger partial charge in [0.15, 0.2) is 0 Å². The fourth-order valence-corrected chi connectivity index (χ4v) is 9.21. The number of hydrogen-bond donors (Lipinski definition) is 3. The third-order valence-corrected chi connectivity index (χ3v) is 12.4. The summed E-state index contributed by atoms with van der Waals surface area (Å²) < 4.78 is 31.9. The van der Waals surface area contributed by atoms with Crippen molar-refractivity contribution in [3.8, 4) is 22.3 Å². The summed E-state index contributed by atoms with van der Waals surface area (Å²) in [7, 11) is 1.59. The number of hydrogen-bond acceptors (Lipinski definition) is 7. The van der Waals surface area contributed by atoms with E-state index in [4.69, 9.17) is 0 Å². The fraction of sp³-hybridized carbons (Fsp3) is 0.265. The Balaban J connectivity index is 0.934. The summed E-state index contributed by atoms with van der Waals surface area (Å²) in [6.45, 7) is 5.14. The lowest BCUT2D eigenvalue weighted by molar-refractivity contribution is -0.136. The number of alkyl halides is 2. The molecule has 4 aromatic carbocycles. The van der Waals surface area contributed by atoms with Crippen LogP contribution in [0.5, 0.6) is 0 Å². The molecule has 3 aliphatic rings. The molecule has 320 valence electrons. The Morgan fingerprint density at radius 2 is 1.67 bits per heavy atom. The molecular weight excluding hydrogens is 805 g/mol. The van der Waals surface area contributed by atoms with Gasteiger partial charge in [-0.25, -0.2) is 8.78 Å². The van der Waals surface area contributed by atoms with Crippen molar-refractivity contribution in [1.29, 1.82) is 0 Å². The van der Waals surface area contributed by atoms with E-state index >= 15 is 0 Å². The third-order valence-electron chi connectivity index (χ3n) is 12.4. The van der Waals surface area contributed by atoms with E-state index in [9.17, 15) is 32.8 Å². The molecule has 0 bridgehead atoms. The number of nitrogens with zero attached hydrogens (tertiary/aromatic N) is 4. The number of imide groups is 1. The van der Waals surface area contributed by atoms with Gasteiger partial charge in [-0.15, -0.1) is 0 Å². The molecule has 1 saturated heterocycles. The molecule has 6 aromatic rings. The Kier molecular flexibility index (Phi) is 10.8. The second-order valence-electron chi connectivity index (χ2n) is 16.5. The number of aromatic nitrogens is 2. The summed E-state index contributed by atoms with van der Waals surface area (Å²) in [5, 5.41) is 10.8. The molecule has 3 N–H and O–H groups in total. The van der Waals surface area contributed by atoms with Crippen molar-refractivity contribution in [1.82, 2.24) is 30.5 Å². The van der Waals surface area contributed by atoms with Crippen molar-refractivity contribution in [2.75, 3.05) is 18.6 Å². The topological polar surface area (TPSA) is 146 Å². The van der Waals surface area contributed by atoms with Crippen molar-refractivity contribution in [3.05, 3.63) is 142 Å². The first-order valence-electron chi connectivity index (χ1n) is 21.1. The number of aryl methyl sites for hydroxylation is 1. The SMILES string of the molecule is CNC(=O)c1cn(N2CCCc3cc(-c4ccc(C(=O)NCc5cccc(-c6cccc7c6CN(C6CCC(=O)NC6=O)C7=O)c5)nc4)c(C(F)F)cc32)c2c(C(C)C)cccc12. The van der Waals surface area contributed by atoms with E-state index in [0.29, 0.717) is 40.9 Å². The molecular formula is C49H45F2N7O5. The van der Waals surface area contributed by atoms with Crippen LogP contribution in [0.4, 0.5) is 14.5 Å². The maximum atomic E-state index is 15.0. The van der Waals surface area contributed by atoms with Gasteiger partial charge in [0.2, 0.25) is 11.8 Å². The first-order valence-corrected chi connectivity index (χ1v) is 21.1. The molecule has 12 nitrogen and oxygen atoms in total. The lowest BCUT2D eigenvalue weighted by atomic mass is 9.93. The Labute approximate surface area is 362 Å². The predicted molar refractivity (Wildman–Crippen MR) is 234 cm³/mol. The number of amides is 5. The highest BCUT2D eigenvalue weighted by atomic mass is 19.3. The average Bonchev–Trinajstić information content (AvgIpc) is 3.85. The zero-order chi connectivity index (χ0) is 44.1. The van der Waals surface area contributed by atoms with Crippen LogP contribution in [0, 0.1) is 0 Å². The van der Waals surface area contributed by atoms with Crippen LogP contribution in [0.3, 0.4) is 0 Å². The minimum Gasteiger partial charge on any atom is -0.355 e. The molecule has 0 radical (unpaired) electrons. The van der Waals surface area contributed by atoms with E-state index in [1.807, 2.05) is 58.2 Å². The predicted octanol–water partition coefficient (Wildman–Crippen LogP) is 7.70. The van der Waals surface area contributed by atoms with Gasteiger partial charge < -0.3 is 15.5 Å². The second-order valence-corrected chi connectivity index (χ2v) is 16.5. The number of benzene rings is 4. The van der Waals surface area contributed by atoms with Gasteiger partial charge in [0, 0.05) is 67.6 Å². The number of pyridine rings is 1. The highest BCUT2D eigenvalue weighted by molar-refractivity contribution is 6.08. The van der Waals surface area contributed by atoms with Gasteiger partial charge in [0.1, 0.15) is 11.7 Å². The van der Waals surface area contributed by atoms with E-state index in [1.54, 1.807) is 43.6 Å². The monoisotopic (exact) mass is 849 g/mol. The van der Waals surface area contributed by atoms with Crippen LogP contribution in [0.1, 0.15) is 104 Å². The van der Waals surface area contributed by atoms with Crippen molar-refractivity contribution < 1.29 is 32.8 Å². The van der Waals surface area contributed by atoms with E-state index in [0.717, 1.165) is 50.7 Å². The molecule has 1 atom stereocenters. The summed E-state index contributed by atoms with van der Waals surface area (Å²) in [5.41, 5.74) is 8.44. The minimum atomic E-state index is -2.80. The van der Waals surface area contributed by atoms with Gasteiger partial charge in [-0.3, -0.25) is 44.0 Å². The van der Waals surface area contributed by atoms with Gasteiger partial charge in [-0.05, 0) is 94.5 Å². The lowest BCUT2D eigenvalue weighted by Gasteiger charge is -2.34. The normalized spacial score (nSPS) is 16.1. The van der Waals surface area contributed by atoms with Crippen molar-refractivity contribution >= 4 is 46.1 Å². The standard InChI is InChI=1S/C49H45F2N7O5/c1-27(2)32-11-5-13-34-39(46(60)52-3)26-58(44(32)34)57-19-7-10-30-21-36(37(45(50)51)22-42(30)57)31-15-16-40(53-24-31)47(61)54-23-28-8-4-9-29(20-28)33-12-6-14-35-38(33)25-56(49(35)63)41-17-18-43(59)55-48(41)62/h4-6,8-9,11-16,20-22,24,26-27,41,45H,7,10,17-19,23,25H2,1-3H3,(H,52,60)(H,54,61)(H,55,59,62). The Morgan fingerprint density at radius 1 is 0.873 bits per heavy atom. The number of piperidine rings is 1. The number of halogens is 2. The summed E-state index contributed by atoms with van der Waals surface area (Å²) in [5.74, 6) is -1.60. The number of rotatable bonds is 10. The molecule has 1 fully saturated rings. The number of anilines is 1. The van der Waals surface area contributed by atoms with Crippen molar-refractivity contribution in [2.24, 2.45) is 0 Å². The summed E-state index contributed by atoms with van der Waals surface area (Å²) in [4.78, 5) is 70.1. The second kappa shape index (κ2) is 16.6. The van der Waals surface area contributed by atoms with Crippen LogP contribution in [-0.4, -0.2) is 63.7 Å². The number of nitrogens with one attached hydrogen (secondary N) is 3. The summed E-state index contributed by atoms with van der Waals surface area (Å²) in [6, 6.07) is 24.7. The summed E-state index contributed by atoms with van der Waals surface area (Å²) >= 11 is 0. The Hall–Kier alpha value is -7.22. The molecule has 3 aliphatic heterocycles. The molecule has 1 unspecified atom stereocenters. The van der Waals surface area contributed by atoms with E-state index in [2.05, 4.69) is 34.8 Å². The van der Waals surface area contributed by atoms with E-state index < -0.39 is 24.3 Å². The summed E-state index contributed by atoms with van der Waals surface area (Å²) in [6.07, 6.45) is 2.31. The highest BCUT2D eigenvalue weighted by Gasteiger charge is 2.40. The zero-order valence-corrected chi connectivity index (χ0v) is 35.0. The molecule has 5 heterocycles. The first kappa shape index (κ1) is 41.1. The molecule has 5 amide bonds. The maximum absolute atomic E-state index is 15.0. The van der Waals surface area contributed by atoms with Crippen LogP contribution < -0.4 is 21.0 Å². The molecule has 2 aromatic heterocycles. The lowest BCUT2D eigenvalue weighted by Crippen LogP contribution is -2.52. The van der Waals surface area contributed by atoms with Crippen LogP contribution in [0.25, 0.3) is 33.2 Å². The molecule has 0 aliphatic carbocycles. The first-order chi connectivity index (χ1) is 30.4. The van der Waals surface area contributed by atoms with Crippen LogP contribution in [0.2, 0.25) is 0 Å². The van der Waals surface area contributed by atoms with Crippen LogP contribution in [-0.2, 0) is 29.1 Å². The van der Waals surface area contributed by atoms with Crippen LogP contribution in [0.15, 0.2) is 97.3 Å². The zero-order valence-electron chi connectivity index (χ0n) is 35.0. The quantitative estimate of drug-likeness (QED) is 0.120. The number of carbonyl (C=O) groups is 5. The number of carbonyl (C=O) groups excluding carboxylic acids is 5. The minimum absolute atomic E-state index is 0.123. The maximum Gasteiger partial charge on any atom is 0.270 e. The van der Waals surface area contributed by atoms with Crippen molar-refractivity contribution in [3.63, 3.8) is 0 Å². The average molecular weight is 850 g/mol. The number of para-hydroxylation sites is 1. The van der Waals surface area contributed by atoms with Gasteiger partial charge in [0.05, 0.1) is 16.8 Å². The van der Waals surface area contributed by atoms with Gasteiger partial charge >= 0.3 is 0 Å². The molecule has 0 spiro atoms. The number of fused-ring (bicyclic) bond motifs is 3. The van der Waals surface area contributed by atoms with Crippen LogP contribution >= 0.6 is 0 Å². The van der Waals surface area contributed by atoms with E-state index in [1.165, 1.54) is 17.2 Å². The third kappa shape index (κ3) is 7.49. The van der Waals surface area contributed by atoms with Gasteiger partial charge in [0.25, 0.3) is 24.1 Å². The largest absolute Gasteiger partial charge is 0.355 e. The fourth-order valence-electron chi connectivity index (χ4n) is 9.21. The highest BCUT2D eigenvalue weighted by Crippen LogP contribution is 2.41. The molecule has 0 saturated carbocycles. The Morgan fingerprint density at radius 3 is 2.41 bits per heavy atom. The van der Waals surface area contributed by atoms with Gasteiger partial charge in [-0.1, -0.05) is 68.4 Å². The smallest absolute Gasteiger partial charge is 0.270 e. The Bertz CT molecular complexity index is 2850. The van der Waals surface area contributed by atoms with Gasteiger partial charge in [-0.2, -0.15) is 0 Å². The van der Waals surface area contributed by atoms with Crippen molar-refractivity contribution in [2.45, 2.75) is 71.0 Å². The molecule has 14 heteroatoms.